The lowest BCUT2D eigenvalue weighted by Crippen LogP contribution is -2.14. The Labute approximate surface area is 159 Å². The summed E-state index contributed by atoms with van der Waals surface area (Å²) in [5.74, 6) is 0.113. The summed E-state index contributed by atoms with van der Waals surface area (Å²) >= 11 is 0. The number of nitriles is 1. The lowest BCUT2D eigenvalue weighted by atomic mass is 9.86. The number of rotatable bonds is 7. The van der Waals surface area contributed by atoms with Crippen molar-refractivity contribution in [3.05, 3.63) is 101 Å². The van der Waals surface area contributed by atoms with E-state index in [1.165, 1.54) is 0 Å². The fourth-order valence-corrected chi connectivity index (χ4v) is 3.09. The molecule has 0 heterocycles. The molecule has 0 bridgehead atoms. The van der Waals surface area contributed by atoms with Crippen LogP contribution in [0.25, 0.3) is 0 Å². The molecule has 1 atom stereocenters. The quantitative estimate of drug-likeness (QED) is 0.529. The van der Waals surface area contributed by atoms with Crippen LogP contribution in [-0.4, -0.2) is 5.78 Å². The Balaban J connectivity index is 1.81. The predicted molar refractivity (Wildman–Crippen MR) is 106 cm³/mol. The third-order valence-electron chi connectivity index (χ3n) is 4.54. The van der Waals surface area contributed by atoms with Gasteiger partial charge >= 0.3 is 0 Å². The number of ketones is 1. The van der Waals surface area contributed by atoms with Crippen LogP contribution in [-0.2, 0) is 6.61 Å². The van der Waals surface area contributed by atoms with Gasteiger partial charge in [-0.05, 0) is 35.7 Å². The summed E-state index contributed by atoms with van der Waals surface area (Å²) in [4.78, 5) is 13.1. The van der Waals surface area contributed by atoms with E-state index in [1.54, 1.807) is 12.1 Å². The Morgan fingerprint density at radius 2 is 1.74 bits per heavy atom. The number of nitrogens with zero attached hydrogens (tertiary/aromatic N) is 1. The molecule has 0 aliphatic heterocycles. The number of hydrogen-bond acceptors (Lipinski definition) is 3. The van der Waals surface area contributed by atoms with Gasteiger partial charge in [0.15, 0.2) is 5.78 Å². The second-order valence-electron chi connectivity index (χ2n) is 6.44. The first-order valence-corrected chi connectivity index (χ1v) is 8.92. The molecule has 0 radical (unpaired) electrons. The highest BCUT2D eigenvalue weighted by molar-refractivity contribution is 6.01. The molecule has 1 unspecified atom stereocenters. The van der Waals surface area contributed by atoms with Gasteiger partial charge in [0.05, 0.1) is 12.0 Å². The third kappa shape index (κ3) is 4.62. The Hall–Kier alpha value is -3.38. The molecule has 0 saturated heterocycles. The van der Waals surface area contributed by atoms with E-state index in [0.717, 1.165) is 16.7 Å². The zero-order chi connectivity index (χ0) is 19.1. The molecule has 0 aliphatic rings. The summed E-state index contributed by atoms with van der Waals surface area (Å²) in [6, 6.07) is 27.0. The van der Waals surface area contributed by atoms with Gasteiger partial charge in [0.1, 0.15) is 12.4 Å². The van der Waals surface area contributed by atoms with E-state index in [-0.39, 0.29) is 12.2 Å². The van der Waals surface area contributed by atoms with Crippen molar-refractivity contribution in [1.82, 2.24) is 0 Å². The molecule has 27 heavy (non-hydrogen) atoms. The molecule has 0 fully saturated rings. The lowest BCUT2D eigenvalue weighted by Gasteiger charge is -2.16. The highest BCUT2D eigenvalue weighted by Crippen LogP contribution is 2.28. The van der Waals surface area contributed by atoms with Crippen LogP contribution in [0, 0.1) is 18.3 Å². The molecule has 3 aromatic carbocycles. The van der Waals surface area contributed by atoms with E-state index in [0.29, 0.717) is 17.9 Å². The number of carbonyl (C=O) groups is 1. The van der Waals surface area contributed by atoms with Crippen LogP contribution in [0.1, 0.15) is 39.4 Å². The van der Waals surface area contributed by atoms with Gasteiger partial charge in [0, 0.05) is 12.0 Å². The van der Waals surface area contributed by atoms with Gasteiger partial charge < -0.3 is 4.74 Å². The van der Waals surface area contributed by atoms with Crippen molar-refractivity contribution >= 4 is 5.78 Å². The highest BCUT2D eigenvalue weighted by atomic mass is 16.5. The van der Waals surface area contributed by atoms with E-state index >= 15 is 0 Å². The summed E-state index contributed by atoms with van der Waals surface area (Å²) in [6.07, 6.45) is 0.152. The maximum Gasteiger partial charge on any atom is 0.171 e. The second kappa shape index (κ2) is 8.82. The maximum absolute atomic E-state index is 13.1. The normalized spacial score (nSPS) is 11.4. The van der Waals surface area contributed by atoms with Gasteiger partial charge in [-0.2, -0.15) is 5.26 Å². The summed E-state index contributed by atoms with van der Waals surface area (Å²) in [6.45, 7) is 2.41. The van der Waals surface area contributed by atoms with Crippen molar-refractivity contribution in [1.29, 1.82) is 5.26 Å². The zero-order valence-electron chi connectivity index (χ0n) is 15.3. The van der Waals surface area contributed by atoms with Crippen LogP contribution in [0.15, 0.2) is 78.9 Å². The van der Waals surface area contributed by atoms with Gasteiger partial charge in [-0.3, -0.25) is 4.79 Å². The first-order valence-electron chi connectivity index (χ1n) is 8.92. The van der Waals surface area contributed by atoms with Gasteiger partial charge in [0.25, 0.3) is 0 Å². The van der Waals surface area contributed by atoms with Crippen LogP contribution in [0.2, 0.25) is 0 Å². The van der Waals surface area contributed by atoms with Crippen LogP contribution in [0.3, 0.4) is 0 Å². The number of Topliss-reactive ketones (excluding diaryl/α,β-unsaturated/α-hetero) is 1. The largest absolute Gasteiger partial charge is 0.489 e. The van der Waals surface area contributed by atoms with Crippen molar-refractivity contribution in [2.24, 2.45) is 0 Å². The van der Waals surface area contributed by atoms with E-state index in [4.69, 9.17) is 4.74 Å². The molecule has 3 rings (SSSR count). The van der Waals surface area contributed by atoms with Gasteiger partial charge in [-0.15, -0.1) is 0 Å². The van der Waals surface area contributed by atoms with Crippen molar-refractivity contribution < 1.29 is 9.53 Å². The monoisotopic (exact) mass is 355 g/mol. The smallest absolute Gasteiger partial charge is 0.171 e. The molecular weight excluding hydrogens is 334 g/mol. The molecule has 134 valence electrons. The minimum atomic E-state index is -0.472. The van der Waals surface area contributed by atoms with Gasteiger partial charge in [-0.1, -0.05) is 66.7 Å². The standard InChI is InChI=1S/C24H21NO2/c1-18-8-5-6-13-22(18)23(14-15-25)24(26)20-11-7-12-21(16-20)27-17-19-9-3-2-4-10-19/h2-13,16,23H,14,17H2,1H3. The first-order chi connectivity index (χ1) is 13.2. The Morgan fingerprint density at radius 1 is 1.00 bits per heavy atom. The molecule has 0 aromatic heterocycles. The molecule has 3 aromatic rings. The minimum Gasteiger partial charge on any atom is -0.489 e. The molecule has 0 spiro atoms. The Bertz CT molecular complexity index is 957. The molecular formula is C24H21NO2. The molecule has 3 heteroatoms. The van der Waals surface area contributed by atoms with Crippen LogP contribution in [0.4, 0.5) is 0 Å². The molecule has 0 amide bonds. The number of carbonyl (C=O) groups excluding carboxylic acids is 1. The number of ether oxygens (including phenoxy) is 1. The van der Waals surface area contributed by atoms with E-state index in [1.807, 2.05) is 73.7 Å². The van der Waals surface area contributed by atoms with Gasteiger partial charge in [-0.25, -0.2) is 0 Å². The van der Waals surface area contributed by atoms with E-state index < -0.39 is 5.92 Å². The fourth-order valence-electron chi connectivity index (χ4n) is 3.09. The lowest BCUT2D eigenvalue weighted by molar-refractivity contribution is 0.0960. The predicted octanol–water partition coefficient (Wildman–Crippen LogP) is 5.45. The van der Waals surface area contributed by atoms with E-state index in [9.17, 15) is 10.1 Å². The third-order valence-corrected chi connectivity index (χ3v) is 4.54. The summed E-state index contributed by atoms with van der Waals surface area (Å²) in [7, 11) is 0. The minimum absolute atomic E-state index is 0.0592. The Kier molecular flexibility index (Phi) is 6.02. The van der Waals surface area contributed by atoms with Crippen molar-refractivity contribution in [2.45, 2.75) is 25.9 Å². The molecule has 0 N–H and O–H groups in total. The van der Waals surface area contributed by atoms with Crippen molar-refractivity contribution in [3.8, 4) is 11.8 Å². The summed E-state index contributed by atoms with van der Waals surface area (Å²) < 4.78 is 5.83. The van der Waals surface area contributed by atoms with Crippen molar-refractivity contribution in [3.63, 3.8) is 0 Å². The highest BCUT2D eigenvalue weighted by Gasteiger charge is 2.23. The SMILES string of the molecule is Cc1ccccc1C(CC#N)C(=O)c1cccc(OCc2ccccc2)c1. The van der Waals surface area contributed by atoms with Gasteiger partial charge in [0.2, 0.25) is 0 Å². The summed E-state index contributed by atoms with van der Waals surface area (Å²) in [5.41, 5.74) is 3.54. The number of benzene rings is 3. The maximum atomic E-state index is 13.1. The average Bonchev–Trinajstić information content (AvgIpc) is 2.72. The Morgan fingerprint density at radius 3 is 2.48 bits per heavy atom. The van der Waals surface area contributed by atoms with Crippen LogP contribution < -0.4 is 4.74 Å². The van der Waals surface area contributed by atoms with Crippen LogP contribution in [0.5, 0.6) is 5.75 Å². The summed E-state index contributed by atoms with van der Waals surface area (Å²) in [5, 5.41) is 9.22. The second-order valence-corrected chi connectivity index (χ2v) is 6.44. The average molecular weight is 355 g/mol. The number of hydrogen-bond donors (Lipinski definition) is 0. The zero-order valence-corrected chi connectivity index (χ0v) is 15.3. The topological polar surface area (TPSA) is 50.1 Å². The van der Waals surface area contributed by atoms with E-state index in [2.05, 4.69) is 6.07 Å². The first kappa shape index (κ1) is 18.4. The molecule has 0 saturated carbocycles. The fraction of sp³-hybridized carbons (Fsp3) is 0.167. The molecule has 0 aliphatic carbocycles. The van der Waals surface area contributed by atoms with Crippen molar-refractivity contribution in [2.75, 3.05) is 0 Å². The number of aryl methyl sites for hydroxylation is 1. The van der Waals surface area contributed by atoms with Crippen LogP contribution >= 0.6 is 0 Å². The molecule has 3 nitrogen and oxygen atoms in total.